The Hall–Kier alpha value is -3.84. The average molecular weight is 529 g/mol. The third-order valence-electron chi connectivity index (χ3n) is 6.79. The van der Waals surface area contributed by atoms with Gasteiger partial charge in [-0.2, -0.15) is 0 Å². The van der Waals surface area contributed by atoms with Crippen molar-refractivity contribution in [2.24, 2.45) is 11.8 Å². The molecule has 3 N–H and O–H groups in total. The molecule has 1 aliphatic carbocycles. The fourth-order valence-electron chi connectivity index (χ4n) is 4.66. The van der Waals surface area contributed by atoms with Crippen LogP contribution < -0.4 is 10.6 Å². The predicted octanol–water partition coefficient (Wildman–Crippen LogP) is 6.64. The summed E-state index contributed by atoms with van der Waals surface area (Å²) in [5.41, 5.74) is 4.45. The van der Waals surface area contributed by atoms with E-state index in [1.165, 1.54) is 11.8 Å². The molecule has 2 amide bonds. The van der Waals surface area contributed by atoms with Crippen molar-refractivity contribution in [2.75, 3.05) is 10.6 Å². The quantitative estimate of drug-likeness (QED) is 0.214. The number of amides is 2. The maximum Gasteiger partial charge on any atom is 0.307 e. The largest absolute Gasteiger partial charge is 0.481 e. The van der Waals surface area contributed by atoms with Gasteiger partial charge in [0, 0.05) is 16.3 Å². The van der Waals surface area contributed by atoms with Gasteiger partial charge < -0.3 is 15.7 Å². The molecule has 0 aromatic heterocycles. The van der Waals surface area contributed by atoms with E-state index >= 15 is 0 Å². The van der Waals surface area contributed by atoms with E-state index in [1.54, 1.807) is 12.1 Å². The van der Waals surface area contributed by atoms with E-state index < -0.39 is 23.1 Å². The first-order valence-electron chi connectivity index (χ1n) is 12.8. The number of rotatable bonds is 9. The van der Waals surface area contributed by atoms with Crippen molar-refractivity contribution in [3.05, 3.63) is 102 Å². The first kappa shape index (κ1) is 27.2. The lowest BCUT2D eigenvalue weighted by Crippen LogP contribution is -2.34. The molecular formula is C31H32N2O4S. The molecule has 0 bridgehead atoms. The van der Waals surface area contributed by atoms with Crippen LogP contribution in [0.15, 0.2) is 89.8 Å². The van der Waals surface area contributed by atoms with E-state index in [0.29, 0.717) is 18.5 Å². The fourth-order valence-corrected chi connectivity index (χ4v) is 5.68. The minimum Gasteiger partial charge on any atom is -0.481 e. The first-order chi connectivity index (χ1) is 18.4. The summed E-state index contributed by atoms with van der Waals surface area (Å²) in [6.45, 7) is 4.07. The molecule has 0 spiro atoms. The summed E-state index contributed by atoms with van der Waals surface area (Å²) < 4.78 is 0. The summed E-state index contributed by atoms with van der Waals surface area (Å²) in [7, 11) is 0. The summed E-state index contributed by atoms with van der Waals surface area (Å²) in [4.78, 5) is 38.8. The first-order valence-corrected chi connectivity index (χ1v) is 13.6. The smallest absolute Gasteiger partial charge is 0.307 e. The van der Waals surface area contributed by atoms with Gasteiger partial charge in [0.25, 0.3) is 0 Å². The Morgan fingerprint density at radius 2 is 1.58 bits per heavy atom. The number of para-hydroxylation sites is 1. The van der Waals surface area contributed by atoms with Crippen LogP contribution >= 0.6 is 11.8 Å². The standard InChI is InChI=1S/C31H32N2O4S/c1-3-21-13-9-10-20(2)27(21)33-30(35)28(22-11-5-4-6-12-22)38-24-18-16-23(17-19-24)32-29(34)25-14-7-8-15-26(25)31(36)37/h4-13,16-19,25-26,28H,3,14-15H2,1-2H3,(H,32,34)(H,33,35)(H,36,37)/t25-,26+,28+/m0/s1. The lowest BCUT2D eigenvalue weighted by Gasteiger charge is -2.24. The van der Waals surface area contributed by atoms with E-state index in [0.717, 1.165) is 33.7 Å². The number of carboxylic acid groups (broad SMARTS) is 1. The Kier molecular flexibility index (Phi) is 9.02. The molecule has 3 aromatic rings. The molecule has 3 aromatic carbocycles. The van der Waals surface area contributed by atoms with Gasteiger partial charge in [-0.1, -0.05) is 67.6 Å². The molecule has 0 fully saturated rings. The van der Waals surface area contributed by atoms with Gasteiger partial charge in [-0.15, -0.1) is 11.8 Å². The average Bonchev–Trinajstić information content (AvgIpc) is 2.94. The molecule has 0 heterocycles. The summed E-state index contributed by atoms with van der Waals surface area (Å²) in [5, 5.41) is 15.0. The van der Waals surface area contributed by atoms with Gasteiger partial charge in [-0.3, -0.25) is 14.4 Å². The number of nitrogens with one attached hydrogen (secondary N) is 2. The highest BCUT2D eigenvalue weighted by molar-refractivity contribution is 8.00. The van der Waals surface area contributed by atoms with Crippen molar-refractivity contribution in [2.45, 2.75) is 43.3 Å². The summed E-state index contributed by atoms with van der Waals surface area (Å²) in [5.74, 6) is -2.68. The van der Waals surface area contributed by atoms with Crippen LogP contribution in [0.5, 0.6) is 0 Å². The molecule has 0 aliphatic heterocycles. The number of aryl methyl sites for hydroxylation is 2. The summed E-state index contributed by atoms with van der Waals surface area (Å²) in [6.07, 6.45) is 5.26. The van der Waals surface area contributed by atoms with Gasteiger partial charge in [-0.05, 0) is 67.1 Å². The molecule has 196 valence electrons. The molecule has 0 saturated heterocycles. The molecule has 4 rings (SSSR count). The van der Waals surface area contributed by atoms with Gasteiger partial charge in [0.05, 0.1) is 11.8 Å². The Morgan fingerprint density at radius 1 is 0.895 bits per heavy atom. The number of aliphatic carboxylic acids is 1. The maximum absolute atomic E-state index is 13.6. The number of anilines is 2. The second kappa shape index (κ2) is 12.6. The number of carboxylic acids is 1. The van der Waals surface area contributed by atoms with E-state index in [2.05, 4.69) is 17.6 Å². The van der Waals surface area contributed by atoms with Crippen LogP contribution in [0.2, 0.25) is 0 Å². The lowest BCUT2D eigenvalue weighted by molar-refractivity contribution is -0.146. The van der Waals surface area contributed by atoms with Crippen molar-refractivity contribution >= 4 is 40.9 Å². The summed E-state index contributed by atoms with van der Waals surface area (Å²) >= 11 is 1.44. The van der Waals surface area contributed by atoms with Crippen LogP contribution in [0.4, 0.5) is 11.4 Å². The zero-order valence-electron chi connectivity index (χ0n) is 21.5. The van der Waals surface area contributed by atoms with E-state index in [4.69, 9.17) is 0 Å². The number of carbonyl (C=O) groups excluding carboxylic acids is 2. The zero-order valence-corrected chi connectivity index (χ0v) is 22.3. The van der Waals surface area contributed by atoms with Gasteiger partial charge >= 0.3 is 5.97 Å². The second-order valence-electron chi connectivity index (χ2n) is 9.37. The number of thioether (sulfide) groups is 1. The minimum absolute atomic E-state index is 0.104. The SMILES string of the molecule is CCc1cccc(C)c1NC(=O)[C@H](Sc1ccc(NC(=O)[C@H]2CC=CC[C@H]2C(=O)O)cc1)c1ccccc1. The summed E-state index contributed by atoms with van der Waals surface area (Å²) in [6, 6.07) is 23.0. The number of benzene rings is 3. The minimum atomic E-state index is -0.955. The Labute approximate surface area is 227 Å². The second-order valence-corrected chi connectivity index (χ2v) is 10.5. The molecule has 6 nitrogen and oxygen atoms in total. The highest BCUT2D eigenvalue weighted by atomic mass is 32.2. The van der Waals surface area contributed by atoms with Gasteiger partial charge in [-0.25, -0.2) is 0 Å². The Bertz CT molecular complexity index is 1320. The van der Waals surface area contributed by atoms with Crippen LogP contribution in [-0.4, -0.2) is 22.9 Å². The molecule has 3 atom stereocenters. The molecule has 0 unspecified atom stereocenters. The van der Waals surface area contributed by atoms with Crippen LogP contribution in [0, 0.1) is 18.8 Å². The monoisotopic (exact) mass is 528 g/mol. The normalized spacial score (nSPS) is 17.4. The van der Waals surface area contributed by atoms with Gasteiger partial charge in [0.15, 0.2) is 0 Å². The number of allylic oxidation sites excluding steroid dienone is 2. The number of hydrogen-bond donors (Lipinski definition) is 3. The Morgan fingerprint density at radius 3 is 2.24 bits per heavy atom. The molecular weight excluding hydrogens is 496 g/mol. The van der Waals surface area contributed by atoms with Crippen LogP contribution in [0.1, 0.15) is 41.7 Å². The van der Waals surface area contributed by atoms with Gasteiger partial charge in [0.2, 0.25) is 11.8 Å². The molecule has 0 radical (unpaired) electrons. The zero-order chi connectivity index (χ0) is 27.1. The van der Waals surface area contributed by atoms with Crippen molar-refractivity contribution in [3.8, 4) is 0 Å². The van der Waals surface area contributed by atoms with Crippen LogP contribution in [-0.2, 0) is 20.8 Å². The lowest BCUT2D eigenvalue weighted by atomic mass is 9.82. The maximum atomic E-state index is 13.6. The van der Waals surface area contributed by atoms with Crippen molar-refractivity contribution in [1.29, 1.82) is 0 Å². The Balaban J connectivity index is 1.50. The highest BCUT2D eigenvalue weighted by Crippen LogP contribution is 2.37. The van der Waals surface area contributed by atoms with E-state index in [9.17, 15) is 19.5 Å². The van der Waals surface area contributed by atoms with Crippen LogP contribution in [0.3, 0.4) is 0 Å². The molecule has 1 aliphatic rings. The number of carbonyl (C=O) groups is 3. The molecule has 0 saturated carbocycles. The van der Waals surface area contributed by atoms with Crippen molar-refractivity contribution < 1.29 is 19.5 Å². The highest BCUT2D eigenvalue weighted by Gasteiger charge is 2.34. The third kappa shape index (κ3) is 6.53. The predicted molar refractivity (Wildman–Crippen MR) is 152 cm³/mol. The topological polar surface area (TPSA) is 95.5 Å². The molecule has 7 heteroatoms. The molecule has 38 heavy (non-hydrogen) atoms. The number of hydrogen-bond acceptors (Lipinski definition) is 4. The third-order valence-corrected chi connectivity index (χ3v) is 8.06. The fraction of sp³-hybridized carbons (Fsp3) is 0.258. The van der Waals surface area contributed by atoms with E-state index in [1.807, 2.05) is 79.7 Å². The van der Waals surface area contributed by atoms with Gasteiger partial charge in [0.1, 0.15) is 5.25 Å². The van der Waals surface area contributed by atoms with Crippen molar-refractivity contribution in [3.63, 3.8) is 0 Å². The van der Waals surface area contributed by atoms with E-state index in [-0.39, 0.29) is 11.8 Å². The van der Waals surface area contributed by atoms with Crippen molar-refractivity contribution in [1.82, 2.24) is 0 Å². The van der Waals surface area contributed by atoms with Crippen LogP contribution in [0.25, 0.3) is 0 Å².